The van der Waals surface area contributed by atoms with Gasteiger partial charge in [0.25, 0.3) is 0 Å². The Morgan fingerprint density at radius 3 is 2.56 bits per heavy atom. The molecule has 0 aromatic heterocycles. The zero-order valence-electron chi connectivity index (χ0n) is 11.2. The van der Waals surface area contributed by atoms with Crippen molar-refractivity contribution in [1.82, 2.24) is 0 Å². The molecular formula is C16H22N2. The summed E-state index contributed by atoms with van der Waals surface area (Å²) in [6.45, 7) is 6.00. The fourth-order valence-electron chi connectivity index (χ4n) is 2.13. The van der Waals surface area contributed by atoms with Crippen LogP contribution in [0.2, 0.25) is 0 Å². The first-order chi connectivity index (χ1) is 8.72. The second kappa shape index (κ2) is 5.87. The summed E-state index contributed by atoms with van der Waals surface area (Å²) in [6.07, 6.45) is 1.12. The van der Waals surface area contributed by atoms with Gasteiger partial charge in [-0.25, -0.2) is 0 Å². The van der Waals surface area contributed by atoms with Gasteiger partial charge in [0.05, 0.1) is 0 Å². The molecule has 2 rings (SSSR count). The van der Waals surface area contributed by atoms with Crippen molar-refractivity contribution in [2.75, 3.05) is 18.4 Å². The van der Waals surface area contributed by atoms with Crippen molar-refractivity contribution >= 4 is 16.5 Å². The number of nitrogens with two attached hydrogens (primary N) is 1. The number of anilines is 1. The summed E-state index contributed by atoms with van der Waals surface area (Å²) >= 11 is 0. The summed E-state index contributed by atoms with van der Waals surface area (Å²) in [5.41, 5.74) is 8.20. The number of nitrogens with one attached hydrogen (secondary N) is 1. The number of hydrogen-bond donors (Lipinski definition) is 2. The third kappa shape index (κ3) is 3.02. The molecule has 2 heteroatoms. The summed E-state index contributed by atoms with van der Waals surface area (Å²) in [4.78, 5) is 0. The van der Waals surface area contributed by atoms with Gasteiger partial charge < -0.3 is 11.1 Å². The van der Waals surface area contributed by atoms with Crippen LogP contribution < -0.4 is 11.1 Å². The molecule has 0 aliphatic carbocycles. The van der Waals surface area contributed by atoms with Gasteiger partial charge in [-0.2, -0.15) is 0 Å². The standard InChI is InChI=1S/C16H22N2/c1-3-13(10-17)11-18-16-7-6-14-8-12(2)4-5-15(14)9-16/h4-9,13,18H,3,10-11,17H2,1-2H3. The molecule has 2 nitrogen and oxygen atoms in total. The topological polar surface area (TPSA) is 38.0 Å². The minimum Gasteiger partial charge on any atom is -0.385 e. The highest BCUT2D eigenvalue weighted by atomic mass is 14.9. The lowest BCUT2D eigenvalue weighted by Crippen LogP contribution is -2.21. The molecule has 2 aromatic rings. The third-order valence-corrected chi connectivity index (χ3v) is 3.50. The van der Waals surface area contributed by atoms with Crippen LogP contribution in [0.4, 0.5) is 5.69 Å². The van der Waals surface area contributed by atoms with Crippen LogP contribution in [-0.2, 0) is 0 Å². The Morgan fingerprint density at radius 1 is 1.11 bits per heavy atom. The number of rotatable bonds is 5. The molecule has 0 aliphatic rings. The second-order valence-electron chi connectivity index (χ2n) is 4.96. The highest BCUT2D eigenvalue weighted by Crippen LogP contribution is 2.20. The maximum atomic E-state index is 5.71. The molecule has 3 N–H and O–H groups in total. The largest absolute Gasteiger partial charge is 0.385 e. The molecule has 0 saturated heterocycles. The van der Waals surface area contributed by atoms with E-state index in [1.165, 1.54) is 22.0 Å². The third-order valence-electron chi connectivity index (χ3n) is 3.50. The van der Waals surface area contributed by atoms with Crippen LogP contribution in [0.25, 0.3) is 10.8 Å². The molecular weight excluding hydrogens is 220 g/mol. The van der Waals surface area contributed by atoms with Gasteiger partial charge in [0.15, 0.2) is 0 Å². The first-order valence-electron chi connectivity index (χ1n) is 6.67. The molecule has 0 radical (unpaired) electrons. The van der Waals surface area contributed by atoms with Crippen LogP contribution in [0.3, 0.4) is 0 Å². The SMILES string of the molecule is CCC(CN)CNc1ccc2cc(C)ccc2c1. The summed E-state index contributed by atoms with van der Waals surface area (Å²) in [5.74, 6) is 0.554. The van der Waals surface area contributed by atoms with Crippen molar-refractivity contribution in [3.8, 4) is 0 Å². The first-order valence-corrected chi connectivity index (χ1v) is 6.67. The Morgan fingerprint density at radius 2 is 1.83 bits per heavy atom. The lowest BCUT2D eigenvalue weighted by Gasteiger charge is -2.14. The highest BCUT2D eigenvalue weighted by Gasteiger charge is 2.03. The van der Waals surface area contributed by atoms with Crippen molar-refractivity contribution < 1.29 is 0 Å². The molecule has 0 spiro atoms. The average Bonchev–Trinajstić information content (AvgIpc) is 2.40. The van der Waals surface area contributed by atoms with Gasteiger partial charge in [-0.3, -0.25) is 0 Å². The zero-order valence-corrected chi connectivity index (χ0v) is 11.2. The number of fused-ring (bicyclic) bond motifs is 1. The van der Waals surface area contributed by atoms with Crippen LogP contribution in [0.15, 0.2) is 36.4 Å². The quantitative estimate of drug-likeness (QED) is 0.841. The lowest BCUT2D eigenvalue weighted by atomic mass is 10.1. The van der Waals surface area contributed by atoms with E-state index in [-0.39, 0.29) is 0 Å². The Balaban J connectivity index is 2.12. The van der Waals surface area contributed by atoms with Gasteiger partial charge in [-0.1, -0.05) is 43.2 Å². The summed E-state index contributed by atoms with van der Waals surface area (Å²) in [5, 5.41) is 6.05. The number of hydrogen-bond acceptors (Lipinski definition) is 2. The van der Waals surface area contributed by atoms with E-state index >= 15 is 0 Å². The van der Waals surface area contributed by atoms with Crippen LogP contribution in [0, 0.1) is 12.8 Å². The molecule has 1 unspecified atom stereocenters. The summed E-state index contributed by atoms with van der Waals surface area (Å²) < 4.78 is 0. The zero-order chi connectivity index (χ0) is 13.0. The summed E-state index contributed by atoms with van der Waals surface area (Å²) in [7, 11) is 0. The smallest absolute Gasteiger partial charge is 0.0346 e. The Kier molecular flexibility index (Phi) is 4.21. The predicted molar refractivity (Wildman–Crippen MR) is 80.0 cm³/mol. The molecule has 0 bridgehead atoms. The van der Waals surface area contributed by atoms with Crippen molar-refractivity contribution in [2.45, 2.75) is 20.3 Å². The van der Waals surface area contributed by atoms with E-state index in [0.717, 1.165) is 19.5 Å². The van der Waals surface area contributed by atoms with E-state index in [2.05, 4.69) is 55.6 Å². The average molecular weight is 242 g/mol. The fraction of sp³-hybridized carbons (Fsp3) is 0.375. The van der Waals surface area contributed by atoms with Crippen molar-refractivity contribution in [3.05, 3.63) is 42.0 Å². The maximum Gasteiger partial charge on any atom is 0.0346 e. The summed E-state index contributed by atoms with van der Waals surface area (Å²) in [6, 6.07) is 13.1. The lowest BCUT2D eigenvalue weighted by molar-refractivity contribution is 0.548. The van der Waals surface area contributed by atoms with E-state index in [9.17, 15) is 0 Å². The molecule has 0 fully saturated rings. The van der Waals surface area contributed by atoms with E-state index < -0.39 is 0 Å². The number of benzene rings is 2. The van der Waals surface area contributed by atoms with Gasteiger partial charge in [0, 0.05) is 12.2 Å². The second-order valence-corrected chi connectivity index (χ2v) is 4.96. The van der Waals surface area contributed by atoms with Crippen LogP contribution >= 0.6 is 0 Å². The molecule has 0 saturated carbocycles. The van der Waals surface area contributed by atoms with Gasteiger partial charge >= 0.3 is 0 Å². The van der Waals surface area contributed by atoms with Crippen LogP contribution in [-0.4, -0.2) is 13.1 Å². The molecule has 96 valence electrons. The molecule has 18 heavy (non-hydrogen) atoms. The van der Waals surface area contributed by atoms with E-state index in [1.54, 1.807) is 0 Å². The highest BCUT2D eigenvalue weighted by molar-refractivity contribution is 5.86. The maximum absolute atomic E-state index is 5.71. The van der Waals surface area contributed by atoms with E-state index in [4.69, 9.17) is 5.73 Å². The van der Waals surface area contributed by atoms with Crippen LogP contribution in [0.5, 0.6) is 0 Å². The van der Waals surface area contributed by atoms with E-state index in [0.29, 0.717) is 5.92 Å². The van der Waals surface area contributed by atoms with Crippen molar-refractivity contribution in [2.24, 2.45) is 11.7 Å². The number of aryl methyl sites for hydroxylation is 1. The minimum absolute atomic E-state index is 0.554. The van der Waals surface area contributed by atoms with Gasteiger partial charge in [0.1, 0.15) is 0 Å². The minimum atomic E-state index is 0.554. The monoisotopic (exact) mass is 242 g/mol. The molecule has 2 aromatic carbocycles. The van der Waals surface area contributed by atoms with Crippen molar-refractivity contribution in [3.63, 3.8) is 0 Å². The molecule has 0 heterocycles. The normalized spacial score (nSPS) is 12.6. The molecule has 1 atom stereocenters. The van der Waals surface area contributed by atoms with Gasteiger partial charge in [-0.05, 0) is 42.3 Å². The van der Waals surface area contributed by atoms with Gasteiger partial charge in [-0.15, -0.1) is 0 Å². The Bertz CT molecular complexity index is 515. The van der Waals surface area contributed by atoms with Crippen molar-refractivity contribution in [1.29, 1.82) is 0 Å². The Labute approximate surface area is 109 Å². The molecule has 0 aliphatic heterocycles. The molecule has 0 amide bonds. The van der Waals surface area contributed by atoms with Gasteiger partial charge in [0.2, 0.25) is 0 Å². The van der Waals surface area contributed by atoms with Crippen LogP contribution in [0.1, 0.15) is 18.9 Å². The Hall–Kier alpha value is -1.54. The predicted octanol–water partition coefficient (Wildman–Crippen LogP) is 3.55. The fourth-order valence-corrected chi connectivity index (χ4v) is 2.13. The first kappa shape index (κ1) is 12.9. The van der Waals surface area contributed by atoms with E-state index in [1.807, 2.05) is 0 Å².